The van der Waals surface area contributed by atoms with Crippen LogP contribution in [0.3, 0.4) is 0 Å². The average molecular weight is 270 g/mol. The molecule has 0 atom stereocenters. The predicted octanol–water partition coefficient (Wildman–Crippen LogP) is 1.59. The number of fused-ring (bicyclic) bond motifs is 1. The first-order chi connectivity index (χ1) is 9.69. The molecule has 102 valence electrons. The Bertz CT molecular complexity index is 772. The van der Waals surface area contributed by atoms with Crippen LogP contribution >= 0.6 is 0 Å². The van der Waals surface area contributed by atoms with E-state index in [4.69, 9.17) is 10.3 Å². The van der Waals surface area contributed by atoms with Gasteiger partial charge in [0.1, 0.15) is 11.5 Å². The molecule has 0 radical (unpaired) electrons. The van der Waals surface area contributed by atoms with Crippen molar-refractivity contribution in [1.29, 1.82) is 0 Å². The number of nitrogens with one attached hydrogen (secondary N) is 1. The molecule has 0 spiro atoms. The summed E-state index contributed by atoms with van der Waals surface area (Å²) in [6.07, 6.45) is 1.76. The van der Waals surface area contributed by atoms with E-state index < -0.39 is 0 Å². The van der Waals surface area contributed by atoms with Gasteiger partial charge >= 0.3 is 0 Å². The summed E-state index contributed by atoms with van der Waals surface area (Å²) in [5.74, 6) is 6.02. The van der Waals surface area contributed by atoms with Crippen molar-refractivity contribution in [3.05, 3.63) is 53.7 Å². The number of hydrogen-bond acceptors (Lipinski definition) is 4. The molecule has 0 unspecified atom stereocenters. The number of aryl methyl sites for hydroxylation is 1. The van der Waals surface area contributed by atoms with Gasteiger partial charge in [-0.2, -0.15) is 0 Å². The molecule has 3 aromatic rings. The first-order valence-electron chi connectivity index (χ1n) is 6.19. The molecule has 0 saturated heterocycles. The number of hydrazine groups is 1. The Hall–Kier alpha value is -2.60. The molecule has 3 N–H and O–H groups in total. The maximum Gasteiger partial charge on any atom is 0.268 e. The lowest BCUT2D eigenvalue weighted by molar-refractivity contribution is 0.0952. The highest BCUT2D eigenvalue weighted by atomic mass is 16.3. The van der Waals surface area contributed by atoms with Gasteiger partial charge in [0.15, 0.2) is 0 Å². The molecule has 3 rings (SSSR count). The van der Waals surface area contributed by atoms with Crippen molar-refractivity contribution >= 4 is 16.9 Å². The van der Waals surface area contributed by atoms with Crippen molar-refractivity contribution in [2.45, 2.75) is 13.5 Å². The summed E-state index contributed by atoms with van der Waals surface area (Å²) in [6.45, 7) is 2.25. The molecule has 0 bridgehead atoms. The highest BCUT2D eigenvalue weighted by Crippen LogP contribution is 2.18. The molecule has 0 fully saturated rings. The van der Waals surface area contributed by atoms with Crippen molar-refractivity contribution in [3.8, 4) is 0 Å². The van der Waals surface area contributed by atoms with E-state index >= 15 is 0 Å². The summed E-state index contributed by atoms with van der Waals surface area (Å²) >= 11 is 0. The van der Waals surface area contributed by atoms with E-state index in [1.54, 1.807) is 19.3 Å². The molecule has 6 nitrogen and oxygen atoms in total. The Balaban J connectivity index is 1.93. The molecule has 20 heavy (non-hydrogen) atoms. The Morgan fingerprint density at radius 3 is 3.05 bits per heavy atom. The summed E-state index contributed by atoms with van der Waals surface area (Å²) in [5, 5.41) is 0. The van der Waals surface area contributed by atoms with Gasteiger partial charge in [-0.15, -0.1) is 0 Å². The number of nitrogens with two attached hydrogens (primary N) is 1. The molecule has 1 aromatic carbocycles. The smallest absolute Gasteiger partial charge is 0.268 e. The average Bonchev–Trinajstić information content (AvgIpc) is 3.03. The Kier molecular flexibility index (Phi) is 3.00. The number of amides is 1. The number of hydrogen-bond donors (Lipinski definition) is 2. The van der Waals surface area contributed by atoms with Gasteiger partial charge in [-0.1, -0.05) is 12.1 Å². The first-order valence-corrected chi connectivity index (χ1v) is 6.19. The molecule has 0 saturated carbocycles. The molecular formula is C14H14N4O2. The Labute approximate surface area is 115 Å². The summed E-state index contributed by atoms with van der Waals surface area (Å²) in [7, 11) is 0. The van der Waals surface area contributed by atoms with Crippen LogP contribution in [-0.2, 0) is 6.54 Å². The number of nitrogen functional groups attached to an aromatic ring is 1. The summed E-state index contributed by atoms with van der Waals surface area (Å²) in [4.78, 5) is 15.9. The molecule has 0 aliphatic rings. The number of benzene rings is 1. The first kappa shape index (κ1) is 12.4. The minimum atomic E-state index is -0.354. The van der Waals surface area contributed by atoms with E-state index in [0.717, 1.165) is 11.0 Å². The molecule has 6 heteroatoms. The lowest BCUT2D eigenvalue weighted by atomic mass is 10.2. The SMILES string of the molecule is Cc1oc(Cn2cnc3ccccc32)cc1C(=O)NN. The summed E-state index contributed by atoms with van der Waals surface area (Å²) in [5.41, 5.74) is 4.50. The monoisotopic (exact) mass is 270 g/mol. The molecule has 2 aromatic heterocycles. The van der Waals surface area contributed by atoms with Crippen LogP contribution in [0.25, 0.3) is 11.0 Å². The van der Waals surface area contributed by atoms with Crippen molar-refractivity contribution in [3.63, 3.8) is 0 Å². The second kappa shape index (κ2) is 4.82. The zero-order valence-electron chi connectivity index (χ0n) is 11.0. The van der Waals surface area contributed by atoms with Crippen molar-refractivity contribution in [2.24, 2.45) is 5.84 Å². The molecule has 2 heterocycles. The van der Waals surface area contributed by atoms with Gasteiger partial charge < -0.3 is 8.98 Å². The second-order valence-electron chi connectivity index (χ2n) is 4.52. The molecule has 0 aliphatic carbocycles. The fourth-order valence-corrected chi connectivity index (χ4v) is 2.23. The van der Waals surface area contributed by atoms with Crippen LogP contribution in [-0.4, -0.2) is 15.5 Å². The third-order valence-electron chi connectivity index (χ3n) is 3.20. The van der Waals surface area contributed by atoms with E-state index in [1.807, 2.05) is 28.8 Å². The number of carbonyl (C=O) groups is 1. The van der Waals surface area contributed by atoms with Crippen molar-refractivity contribution in [1.82, 2.24) is 15.0 Å². The number of furan rings is 1. The van der Waals surface area contributed by atoms with Crippen LogP contribution in [0, 0.1) is 6.92 Å². The van der Waals surface area contributed by atoms with Gasteiger partial charge in [0.25, 0.3) is 5.91 Å². The van der Waals surface area contributed by atoms with Gasteiger partial charge in [-0.05, 0) is 25.1 Å². The second-order valence-corrected chi connectivity index (χ2v) is 4.52. The maximum absolute atomic E-state index is 11.5. The zero-order valence-corrected chi connectivity index (χ0v) is 11.0. The molecular weight excluding hydrogens is 256 g/mol. The van der Waals surface area contributed by atoms with E-state index in [2.05, 4.69) is 10.4 Å². The maximum atomic E-state index is 11.5. The van der Waals surface area contributed by atoms with Crippen LogP contribution < -0.4 is 11.3 Å². The number of rotatable bonds is 3. The minimum absolute atomic E-state index is 0.354. The summed E-state index contributed by atoms with van der Waals surface area (Å²) < 4.78 is 7.56. The summed E-state index contributed by atoms with van der Waals surface area (Å²) in [6, 6.07) is 9.55. The van der Waals surface area contributed by atoms with Crippen LogP contribution in [0.2, 0.25) is 0 Å². The van der Waals surface area contributed by atoms with Gasteiger partial charge in [0.05, 0.1) is 29.5 Å². The lowest BCUT2D eigenvalue weighted by Crippen LogP contribution is -2.30. The van der Waals surface area contributed by atoms with Gasteiger partial charge in [-0.25, -0.2) is 10.8 Å². The standard InChI is InChI=1S/C14H14N4O2/c1-9-11(14(19)17-15)6-10(20-9)7-18-8-16-12-4-2-3-5-13(12)18/h2-6,8H,7,15H2,1H3,(H,17,19). The van der Waals surface area contributed by atoms with Crippen LogP contribution in [0.5, 0.6) is 0 Å². The molecule has 0 aliphatic heterocycles. The van der Waals surface area contributed by atoms with Crippen LogP contribution in [0.15, 0.2) is 41.1 Å². The Morgan fingerprint density at radius 1 is 1.45 bits per heavy atom. The highest BCUT2D eigenvalue weighted by molar-refractivity contribution is 5.94. The number of nitrogens with zero attached hydrogens (tertiary/aromatic N) is 2. The number of aromatic nitrogens is 2. The zero-order chi connectivity index (χ0) is 14.1. The minimum Gasteiger partial charge on any atom is -0.464 e. The van der Waals surface area contributed by atoms with Gasteiger partial charge in [0.2, 0.25) is 0 Å². The van der Waals surface area contributed by atoms with Gasteiger partial charge in [-0.3, -0.25) is 10.2 Å². The number of carbonyl (C=O) groups excluding carboxylic acids is 1. The third-order valence-corrected chi connectivity index (χ3v) is 3.20. The fraction of sp³-hybridized carbons (Fsp3) is 0.143. The van der Waals surface area contributed by atoms with Crippen molar-refractivity contribution < 1.29 is 9.21 Å². The third kappa shape index (κ3) is 2.06. The van der Waals surface area contributed by atoms with E-state index in [-0.39, 0.29) is 5.91 Å². The highest BCUT2D eigenvalue weighted by Gasteiger charge is 2.14. The lowest BCUT2D eigenvalue weighted by Gasteiger charge is -2.00. The van der Waals surface area contributed by atoms with Crippen LogP contribution in [0.1, 0.15) is 21.9 Å². The predicted molar refractivity (Wildman–Crippen MR) is 73.9 cm³/mol. The largest absolute Gasteiger partial charge is 0.464 e. The Morgan fingerprint density at radius 2 is 2.25 bits per heavy atom. The van der Waals surface area contributed by atoms with E-state index in [9.17, 15) is 4.79 Å². The number of para-hydroxylation sites is 2. The normalized spacial score (nSPS) is 10.9. The van der Waals surface area contributed by atoms with Crippen LogP contribution in [0.4, 0.5) is 0 Å². The topological polar surface area (TPSA) is 86.1 Å². The van der Waals surface area contributed by atoms with Gasteiger partial charge in [0, 0.05) is 0 Å². The quantitative estimate of drug-likeness (QED) is 0.430. The number of imidazole rings is 1. The van der Waals surface area contributed by atoms with E-state index in [1.165, 1.54) is 0 Å². The van der Waals surface area contributed by atoms with E-state index in [0.29, 0.717) is 23.6 Å². The molecule has 1 amide bonds. The van der Waals surface area contributed by atoms with Crippen molar-refractivity contribution in [2.75, 3.05) is 0 Å². The fourth-order valence-electron chi connectivity index (χ4n) is 2.23.